The molecule has 2 N–H and O–H groups in total. The number of nitrogens with zero attached hydrogens (tertiary/aromatic N) is 5. The third-order valence-corrected chi connectivity index (χ3v) is 2.82. The van der Waals surface area contributed by atoms with Crippen molar-refractivity contribution in [3.63, 3.8) is 0 Å². The molecule has 7 heteroatoms. The van der Waals surface area contributed by atoms with E-state index in [1.807, 2.05) is 29.9 Å². The molecule has 0 saturated carbocycles. The van der Waals surface area contributed by atoms with Gasteiger partial charge in [-0.2, -0.15) is 10.2 Å². The molecular formula is C12H15N7. The Labute approximate surface area is 110 Å². The summed E-state index contributed by atoms with van der Waals surface area (Å²) in [4.78, 5) is 8.43. The second-order valence-corrected chi connectivity index (χ2v) is 4.41. The summed E-state index contributed by atoms with van der Waals surface area (Å²) in [5.74, 6) is 0.892. The van der Waals surface area contributed by atoms with Crippen LogP contribution in [-0.4, -0.2) is 36.3 Å². The summed E-state index contributed by atoms with van der Waals surface area (Å²) < 4.78 is 1.81. The molecule has 7 nitrogen and oxygen atoms in total. The number of nitrogens with one attached hydrogen (secondary N) is 2. The minimum atomic E-state index is 0.760. The summed E-state index contributed by atoms with van der Waals surface area (Å²) in [5.41, 5.74) is 2.96. The number of H-pyrrole nitrogens is 1. The van der Waals surface area contributed by atoms with Crippen LogP contribution in [0.1, 0.15) is 17.1 Å². The maximum Gasteiger partial charge on any atom is 0.155 e. The molecule has 0 radical (unpaired) electrons. The van der Waals surface area contributed by atoms with Gasteiger partial charge >= 0.3 is 0 Å². The third-order valence-electron chi connectivity index (χ3n) is 2.82. The van der Waals surface area contributed by atoms with E-state index < -0.39 is 0 Å². The molecule has 3 rings (SSSR count). The Bertz CT molecular complexity index is 656. The van der Waals surface area contributed by atoms with E-state index in [1.54, 1.807) is 0 Å². The van der Waals surface area contributed by atoms with Gasteiger partial charge in [-0.25, -0.2) is 14.5 Å². The molecule has 0 aliphatic heterocycles. The lowest BCUT2D eigenvalue weighted by Gasteiger charge is -2.03. The zero-order chi connectivity index (χ0) is 13.1. The molecule has 3 heterocycles. The Morgan fingerprint density at radius 2 is 2.32 bits per heavy atom. The van der Waals surface area contributed by atoms with Crippen LogP contribution in [0.3, 0.4) is 0 Å². The van der Waals surface area contributed by atoms with Crippen LogP contribution in [0.25, 0.3) is 5.65 Å². The topological polar surface area (TPSA) is 83.8 Å². The summed E-state index contributed by atoms with van der Waals surface area (Å²) >= 11 is 0. The van der Waals surface area contributed by atoms with Gasteiger partial charge in [0.05, 0.1) is 5.69 Å². The van der Waals surface area contributed by atoms with E-state index in [2.05, 4.69) is 30.6 Å². The molecule has 0 spiro atoms. The van der Waals surface area contributed by atoms with E-state index >= 15 is 0 Å². The fourth-order valence-electron chi connectivity index (χ4n) is 1.92. The molecule has 98 valence electrons. The van der Waals surface area contributed by atoms with E-state index in [9.17, 15) is 0 Å². The van der Waals surface area contributed by atoms with Crippen molar-refractivity contribution in [3.05, 3.63) is 41.9 Å². The molecule has 0 aliphatic rings. The highest BCUT2D eigenvalue weighted by Gasteiger charge is 2.01. The second-order valence-electron chi connectivity index (χ2n) is 4.41. The van der Waals surface area contributed by atoms with Crippen molar-refractivity contribution in [1.82, 2.24) is 35.1 Å². The number of aryl methyl sites for hydroxylation is 1. The fourth-order valence-corrected chi connectivity index (χ4v) is 1.92. The van der Waals surface area contributed by atoms with Crippen molar-refractivity contribution in [2.45, 2.75) is 19.9 Å². The van der Waals surface area contributed by atoms with Crippen LogP contribution < -0.4 is 5.32 Å². The standard InChI is InChI=1S/C12H15N7/c1-9-4-12-14-6-10(7-19(12)18-9)5-13-3-2-11-15-8-16-17-11/h4,6-8,13H,2-3,5H2,1H3,(H,15,16,17). The molecular weight excluding hydrogens is 242 g/mol. The van der Waals surface area contributed by atoms with Gasteiger partial charge < -0.3 is 5.32 Å². The Hall–Kier alpha value is -2.28. The molecule has 0 amide bonds. The van der Waals surface area contributed by atoms with Crippen LogP contribution in [-0.2, 0) is 13.0 Å². The minimum absolute atomic E-state index is 0.760. The van der Waals surface area contributed by atoms with Crippen LogP contribution >= 0.6 is 0 Å². The fraction of sp³-hybridized carbons (Fsp3) is 0.333. The quantitative estimate of drug-likeness (QED) is 0.650. The van der Waals surface area contributed by atoms with Gasteiger partial charge in [-0.05, 0) is 6.92 Å². The van der Waals surface area contributed by atoms with Crippen molar-refractivity contribution in [1.29, 1.82) is 0 Å². The highest BCUT2D eigenvalue weighted by Crippen LogP contribution is 2.04. The van der Waals surface area contributed by atoms with Crippen molar-refractivity contribution < 1.29 is 0 Å². The normalized spacial score (nSPS) is 11.2. The highest BCUT2D eigenvalue weighted by atomic mass is 15.2. The number of fused-ring (bicyclic) bond motifs is 1. The lowest BCUT2D eigenvalue weighted by atomic mass is 10.3. The summed E-state index contributed by atoms with van der Waals surface area (Å²) in [6.45, 7) is 3.56. The van der Waals surface area contributed by atoms with Gasteiger partial charge in [-0.1, -0.05) is 0 Å². The number of aromatic amines is 1. The maximum absolute atomic E-state index is 4.36. The van der Waals surface area contributed by atoms with Gasteiger partial charge in [0.1, 0.15) is 12.2 Å². The molecule has 19 heavy (non-hydrogen) atoms. The first-order valence-electron chi connectivity index (χ1n) is 6.17. The first-order valence-corrected chi connectivity index (χ1v) is 6.17. The van der Waals surface area contributed by atoms with Crippen molar-refractivity contribution >= 4 is 5.65 Å². The van der Waals surface area contributed by atoms with Crippen LogP contribution in [0, 0.1) is 6.92 Å². The van der Waals surface area contributed by atoms with Gasteiger partial charge in [-0.3, -0.25) is 5.10 Å². The van der Waals surface area contributed by atoms with Crippen molar-refractivity contribution in [3.8, 4) is 0 Å². The largest absolute Gasteiger partial charge is 0.312 e. The number of hydrogen-bond acceptors (Lipinski definition) is 5. The smallest absolute Gasteiger partial charge is 0.155 e. The monoisotopic (exact) mass is 257 g/mol. The lowest BCUT2D eigenvalue weighted by molar-refractivity contribution is 0.666. The molecule has 3 aromatic heterocycles. The molecule has 0 saturated heterocycles. The van der Waals surface area contributed by atoms with E-state index in [4.69, 9.17) is 0 Å². The molecule has 3 aromatic rings. The minimum Gasteiger partial charge on any atom is -0.312 e. The summed E-state index contributed by atoms with van der Waals surface area (Å²) in [6, 6.07) is 1.96. The van der Waals surface area contributed by atoms with Gasteiger partial charge in [0.2, 0.25) is 0 Å². The first-order chi connectivity index (χ1) is 9.31. The van der Waals surface area contributed by atoms with Gasteiger partial charge in [-0.15, -0.1) is 0 Å². The summed E-state index contributed by atoms with van der Waals surface area (Å²) in [5, 5.41) is 14.3. The van der Waals surface area contributed by atoms with Crippen molar-refractivity contribution in [2.75, 3.05) is 6.54 Å². The molecule has 0 unspecified atom stereocenters. The summed E-state index contributed by atoms with van der Waals surface area (Å²) in [7, 11) is 0. The predicted octanol–water partition coefficient (Wildman–Crippen LogP) is 0.488. The molecule has 0 atom stereocenters. The Morgan fingerprint density at radius 1 is 1.37 bits per heavy atom. The van der Waals surface area contributed by atoms with Crippen molar-refractivity contribution in [2.24, 2.45) is 0 Å². The molecule has 0 aromatic carbocycles. The molecule has 0 aliphatic carbocycles. The van der Waals surface area contributed by atoms with E-state index in [1.165, 1.54) is 6.33 Å². The van der Waals surface area contributed by atoms with Crippen LogP contribution in [0.4, 0.5) is 0 Å². The van der Waals surface area contributed by atoms with Gasteiger partial charge in [0, 0.05) is 43.5 Å². The zero-order valence-corrected chi connectivity index (χ0v) is 10.7. The second kappa shape index (κ2) is 5.15. The van der Waals surface area contributed by atoms with E-state index in [-0.39, 0.29) is 0 Å². The van der Waals surface area contributed by atoms with Crippen LogP contribution in [0.5, 0.6) is 0 Å². The average Bonchev–Trinajstić information content (AvgIpc) is 3.02. The molecule has 0 bridgehead atoms. The zero-order valence-electron chi connectivity index (χ0n) is 10.7. The lowest BCUT2D eigenvalue weighted by Crippen LogP contribution is -2.17. The van der Waals surface area contributed by atoms with Crippen LogP contribution in [0.2, 0.25) is 0 Å². The predicted molar refractivity (Wildman–Crippen MR) is 69.5 cm³/mol. The number of hydrogen-bond donors (Lipinski definition) is 2. The van der Waals surface area contributed by atoms with E-state index in [0.29, 0.717) is 0 Å². The summed E-state index contributed by atoms with van der Waals surface area (Å²) in [6.07, 6.45) is 6.22. The van der Waals surface area contributed by atoms with Gasteiger partial charge in [0.25, 0.3) is 0 Å². The van der Waals surface area contributed by atoms with Crippen LogP contribution in [0.15, 0.2) is 24.8 Å². The third kappa shape index (κ3) is 2.76. The first kappa shape index (κ1) is 11.8. The highest BCUT2D eigenvalue weighted by molar-refractivity contribution is 5.38. The Kier molecular flexibility index (Phi) is 3.20. The number of rotatable bonds is 5. The molecule has 0 fully saturated rings. The Balaban J connectivity index is 1.56. The van der Waals surface area contributed by atoms with Gasteiger partial charge in [0.15, 0.2) is 5.65 Å². The van der Waals surface area contributed by atoms with E-state index in [0.717, 1.165) is 42.2 Å². The Morgan fingerprint density at radius 3 is 3.16 bits per heavy atom. The SMILES string of the molecule is Cc1cc2ncc(CNCCc3ncn[nH]3)cn2n1. The average molecular weight is 257 g/mol. The number of aromatic nitrogens is 6. The maximum atomic E-state index is 4.36.